The van der Waals surface area contributed by atoms with Gasteiger partial charge in [-0.2, -0.15) is 4.39 Å². The molecule has 0 radical (unpaired) electrons. The third-order valence-electron chi connectivity index (χ3n) is 7.99. The smallest absolute Gasteiger partial charge is 0.296 e. The summed E-state index contributed by atoms with van der Waals surface area (Å²) >= 11 is 0. The number of halogens is 2. The number of anilines is 1. The number of aromatic nitrogens is 2. The molecule has 1 aliphatic carbocycles. The number of hydrogen-bond acceptors (Lipinski definition) is 4. The normalized spacial score (nSPS) is 19.0. The third kappa shape index (κ3) is 3.97. The second-order valence-electron chi connectivity index (χ2n) is 10.3. The highest BCUT2D eigenvalue weighted by atomic mass is 19.1. The Hall–Kier alpha value is -3.57. The molecule has 2 aliphatic heterocycles. The van der Waals surface area contributed by atoms with Crippen molar-refractivity contribution in [1.29, 1.82) is 0 Å². The van der Waals surface area contributed by atoms with Gasteiger partial charge in [0.2, 0.25) is 11.5 Å². The Morgan fingerprint density at radius 1 is 1.06 bits per heavy atom. The molecule has 36 heavy (non-hydrogen) atoms. The van der Waals surface area contributed by atoms with Crippen molar-refractivity contribution in [3.8, 4) is 17.1 Å². The molecule has 3 heterocycles. The zero-order valence-corrected chi connectivity index (χ0v) is 19.9. The number of hydrogen-bond donors (Lipinski definition) is 1. The van der Waals surface area contributed by atoms with Crippen LogP contribution in [0, 0.1) is 23.6 Å². The lowest BCUT2D eigenvalue weighted by Crippen LogP contribution is -2.43. The second-order valence-corrected chi connectivity index (χ2v) is 10.3. The van der Waals surface area contributed by atoms with E-state index < -0.39 is 17.2 Å². The van der Waals surface area contributed by atoms with Gasteiger partial charge >= 0.3 is 0 Å². The number of rotatable bonds is 4. The van der Waals surface area contributed by atoms with E-state index in [1.54, 1.807) is 18.2 Å². The molecule has 1 spiro atoms. The van der Waals surface area contributed by atoms with Crippen molar-refractivity contribution >= 4 is 11.5 Å². The standard InChI is InChI=1S/C28H27F2N5O/c1-31-23-9-6-20(16-22(23)29)25-33-26(34-14-11-28(12-15-34)10-13-32-17-28)24(30)27(36)35(25)21-7-4-19(5-8-21)18-2-3-18/h4-9,16,18,32H,2-3,10-15,17H2. The van der Waals surface area contributed by atoms with Gasteiger partial charge in [0.25, 0.3) is 5.56 Å². The Balaban J connectivity index is 1.45. The summed E-state index contributed by atoms with van der Waals surface area (Å²) in [7, 11) is 0. The van der Waals surface area contributed by atoms with Gasteiger partial charge < -0.3 is 10.2 Å². The van der Waals surface area contributed by atoms with Gasteiger partial charge in [0.05, 0.1) is 12.3 Å². The first-order valence-electron chi connectivity index (χ1n) is 12.5. The van der Waals surface area contributed by atoms with Crippen LogP contribution < -0.4 is 15.8 Å². The van der Waals surface area contributed by atoms with E-state index in [9.17, 15) is 9.18 Å². The first-order chi connectivity index (χ1) is 17.5. The Morgan fingerprint density at radius 2 is 1.81 bits per heavy atom. The van der Waals surface area contributed by atoms with Gasteiger partial charge in [-0.1, -0.05) is 24.3 Å². The van der Waals surface area contributed by atoms with Crippen molar-refractivity contribution < 1.29 is 8.78 Å². The number of piperidine rings is 1. The maximum Gasteiger partial charge on any atom is 0.296 e. The fraction of sp³-hybridized carbons (Fsp3) is 0.393. The lowest BCUT2D eigenvalue weighted by molar-refractivity contribution is 0.246. The molecule has 0 amide bonds. The van der Waals surface area contributed by atoms with Gasteiger partial charge in [0, 0.05) is 25.2 Å². The molecule has 2 aromatic carbocycles. The van der Waals surface area contributed by atoms with Crippen LogP contribution in [0.3, 0.4) is 0 Å². The van der Waals surface area contributed by atoms with Crippen LogP contribution in [0.5, 0.6) is 0 Å². The summed E-state index contributed by atoms with van der Waals surface area (Å²) in [5, 5.41) is 3.43. The van der Waals surface area contributed by atoms with Gasteiger partial charge in [0.1, 0.15) is 11.6 Å². The highest BCUT2D eigenvalue weighted by molar-refractivity contribution is 5.65. The van der Waals surface area contributed by atoms with E-state index in [4.69, 9.17) is 6.57 Å². The molecular formula is C28H27F2N5O. The average Bonchev–Trinajstić information content (AvgIpc) is 3.66. The predicted molar refractivity (Wildman–Crippen MR) is 135 cm³/mol. The van der Waals surface area contributed by atoms with Crippen LogP contribution in [-0.2, 0) is 0 Å². The molecule has 0 bridgehead atoms. The Morgan fingerprint density at radius 3 is 2.42 bits per heavy atom. The Kier molecular flexibility index (Phi) is 5.60. The van der Waals surface area contributed by atoms with Crippen molar-refractivity contribution in [1.82, 2.24) is 14.9 Å². The zero-order valence-electron chi connectivity index (χ0n) is 19.9. The molecule has 8 heteroatoms. The lowest BCUT2D eigenvalue weighted by Gasteiger charge is -2.39. The van der Waals surface area contributed by atoms with E-state index in [1.807, 2.05) is 17.0 Å². The fourth-order valence-electron chi connectivity index (χ4n) is 5.60. The van der Waals surface area contributed by atoms with Crippen LogP contribution in [-0.4, -0.2) is 35.7 Å². The minimum absolute atomic E-state index is 0.0105. The zero-order chi connectivity index (χ0) is 24.9. The van der Waals surface area contributed by atoms with Gasteiger partial charge in [-0.25, -0.2) is 14.2 Å². The van der Waals surface area contributed by atoms with Gasteiger partial charge in [-0.3, -0.25) is 9.36 Å². The van der Waals surface area contributed by atoms with E-state index in [0.717, 1.165) is 45.2 Å². The summed E-state index contributed by atoms with van der Waals surface area (Å²) in [6, 6.07) is 11.6. The summed E-state index contributed by atoms with van der Waals surface area (Å²) in [6.07, 6.45) is 5.20. The fourth-order valence-corrected chi connectivity index (χ4v) is 5.60. The van der Waals surface area contributed by atoms with E-state index in [1.165, 1.54) is 22.3 Å². The van der Waals surface area contributed by atoms with Gasteiger partial charge in [-0.05, 0) is 73.7 Å². The molecule has 3 fully saturated rings. The first-order valence-corrected chi connectivity index (χ1v) is 12.5. The number of nitrogens with zero attached hydrogens (tertiary/aromatic N) is 4. The summed E-state index contributed by atoms with van der Waals surface area (Å²) in [4.78, 5) is 23.2. The van der Waals surface area contributed by atoms with E-state index in [-0.39, 0.29) is 22.7 Å². The topological polar surface area (TPSA) is 54.5 Å². The van der Waals surface area contributed by atoms with Crippen molar-refractivity contribution in [2.24, 2.45) is 5.41 Å². The molecule has 6 rings (SSSR count). The molecule has 6 nitrogen and oxygen atoms in total. The van der Waals surface area contributed by atoms with Crippen LogP contribution in [0.15, 0.2) is 47.3 Å². The summed E-state index contributed by atoms with van der Waals surface area (Å²) in [5.41, 5.74) is 1.28. The molecule has 1 saturated carbocycles. The Labute approximate surface area is 208 Å². The Bertz CT molecular complexity index is 1410. The van der Waals surface area contributed by atoms with Crippen molar-refractivity contribution in [2.75, 3.05) is 31.1 Å². The van der Waals surface area contributed by atoms with Crippen LogP contribution in [0.1, 0.15) is 43.6 Å². The molecular weight excluding hydrogens is 460 g/mol. The van der Waals surface area contributed by atoms with E-state index >= 15 is 4.39 Å². The first kappa shape index (κ1) is 22.9. The number of benzene rings is 2. The molecule has 0 atom stereocenters. The van der Waals surface area contributed by atoms with Gasteiger partial charge in [0.15, 0.2) is 5.82 Å². The number of nitrogens with one attached hydrogen (secondary N) is 1. The van der Waals surface area contributed by atoms with Crippen LogP contribution >= 0.6 is 0 Å². The van der Waals surface area contributed by atoms with Crippen molar-refractivity contribution in [3.63, 3.8) is 0 Å². The third-order valence-corrected chi connectivity index (χ3v) is 7.99. The van der Waals surface area contributed by atoms with Crippen molar-refractivity contribution in [2.45, 2.75) is 38.0 Å². The molecule has 1 N–H and O–H groups in total. The largest absolute Gasteiger partial charge is 0.354 e. The monoisotopic (exact) mass is 487 g/mol. The van der Waals surface area contributed by atoms with Crippen LogP contribution in [0.2, 0.25) is 0 Å². The maximum atomic E-state index is 15.6. The average molecular weight is 488 g/mol. The highest BCUT2D eigenvalue weighted by Crippen LogP contribution is 2.41. The predicted octanol–water partition coefficient (Wildman–Crippen LogP) is 5.19. The van der Waals surface area contributed by atoms with Crippen LogP contribution in [0.4, 0.5) is 20.3 Å². The summed E-state index contributed by atoms with van der Waals surface area (Å²) in [5.74, 6) is -0.888. The molecule has 2 saturated heterocycles. The second kappa shape index (κ2) is 8.82. The SMILES string of the molecule is [C-]#[N+]c1ccc(-c2nc(N3CCC4(CCNC4)CC3)c(F)c(=O)n2-c2ccc(C3CC3)cc2)cc1F. The highest BCUT2D eigenvalue weighted by Gasteiger charge is 2.38. The lowest BCUT2D eigenvalue weighted by atomic mass is 9.78. The molecule has 184 valence electrons. The molecule has 3 aromatic rings. The maximum absolute atomic E-state index is 15.6. The van der Waals surface area contributed by atoms with E-state index in [2.05, 4.69) is 15.1 Å². The quantitative estimate of drug-likeness (QED) is 0.515. The minimum Gasteiger partial charge on any atom is -0.354 e. The molecule has 1 aromatic heterocycles. The molecule has 0 unspecified atom stereocenters. The van der Waals surface area contributed by atoms with E-state index in [0.29, 0.717) is 30.3 Å². The summed E-state index contributed by atoms with van der Waals surface area (Å²) < 4.78 is 31.5. The van der Waals surface area contributed by atoms with Crippen molar-refractivity contribution in [3.05, 3.63) is 81.4 Å². The van der Waals surface area contributed by atoms with Gasteiger partial charge in [-0.15, -0.1) is 0 Å². The molecule has 3 aliphatic rings. The summed E-state index contributed by atoms with van der Waals surface area (Å²) in [6.45, 7) is 10.3. The van der Waals surface area contributed by atoms with Crippen LogP contribution in [0.25, 0.3) is 21.9 Å². The minimum atomic E-state index is -0.899.